The van der Waals surface area contributed by atoms with Gasteiger partial charge in [0, 0.05) is 16.3 Å². The summed E-state index contributed by atoms with van der Waals surface area (Å²) in [6.07, 6.45) is -0.689. The topological polar surface area (TPSA) is 81.4 Å². The molecule has 23 heavy (non-hydrogen) atoms. The molecule has 0 aliphatic carbocycles. The zero-order chi connectivity index (χ0) is 17.0. The lowest BCUT2D eigenvalue weighted by Crippen LogP contribution is -2.30. The molecule has 0 aromatic heterocycles. The van der Waals surface area contributed by atoms with E-state index >= 15 is 0 Å². The van der Waals surface area contributed by atoms with Gasteiger partial charge in [0.25, 0.3) is 5.91 Å². The first-order valence-corrected chi connectivity index (χ1v) is 7.38. The van der Waals surface area contributed by atoms with E-state index < -0.39 is 12.0 Å². The molecule has 0 unspecified atom stereocenters. The first-order valence-electron chi connectivity index (χ1n) is 7.00. The fourth-order valence-corrected chi connectivity index (χ4v) is 2.18. The summed E-state index contributed by atoms with van der Waals surface area (Å²) in [5.74, 6) is -0.218. The summed E-state index contributed by atoms with van der Waals surface area (Å²) >= 11 is 5.89. The summed E-state index contributed by atoms with van der Waals surface area (Å²) in [5.41, 5.74) is 6.96. The van der Waals surface area contributed by atoms with Crippen LogP contribution < -0.4 is 15.8 Å². The molecular formula is C17H17ClN2O3. The predicted molar refractivity (Wildman–Crippen MR) is 89.9 cm³/mol. The van der Waals surface area contributed by atoms with Crippen molar-refractivity contribution in [1.29, 1.82) is 0 Å². The highest BCUT2D eigenvalue weighted by atomic mass is 35.5. The van der Waals surface area contributed by atoms with Crippen LogP contribution in [0.15, 0.2) is 42.5 Å². The van der Waals surface area contributed by atoms with Gasteiger partial charge >= 0.3 is 0 Å². The van der Waals surface area contributed by atoms with Gasteiger partial charge in [-0.05, 0) is 61.9 Å². The summed E-state index contributed by atoms with van der Waals surface area (Å²) in [6, 6.07) is 11.5. The van der Waals surface area contributed by atoms with Crippen molar-refractivity contribution in [3.63, 3.8) is 0 Å². The van der Waals surface area contributed by atoms with Gasteiger partial charge in [-0.1, -0.05) is 11.6 Å². The maximum Gasteiger partial charge on any atom is 0.265 e. The van der Waals surface area contributed by atoms with Crippen LogP contribution in [0.1, 0.15) is 22.8 Å². The third-order valence-electron chi connectivity index (χ3n) is 3.25. The van der Waals surface area contributed by atoms with Crippen LogP contribution in [-0.2, 0) is 4.79 Å². The Bertz CT molecular complexity index is 729. The summed E-state index contributed by atoms with van der Waals surface area (Å²) in [7, 11) is 0. The highest BCUT2D eigenvalue weighted by molar-refractivity contribution is 6.30. The fraction of sp³-hybridized carbons (Fsp3) is 0.176. The van der Waals surface area contributed by atoms with E-state index in [1.165, 1.54) is 0 Å². The summed E-state index contributed by atoms with van der Waals surface area (Å²) in [4.78, 5) is 23.2. The second kappa shape index (κ2) is 7.15. The average molecular weight is 333 g/mol. The number of hydrogen-bond acceptors (Lipinski definition) is 3. The Morgan fingerprint density at radius 1 is 1.17 bits per heavy atom. The van der Waals surface area contributed by atoms with E-state index in [4.69, 9.17) is 22.1 Å². The van der Waals surface area contributed by atoms with E-state index in [0.717, 1.165) is 5.56 Å². The van der Waals surface area contributed by atoms with Crippen LogP contribution >= 0.6 is 11.6 Å². The van der Waals surface area contributed by atoms with Gasteiger partial charge in [0.1, 0.15) is 5.75 Å². The van der Waals surface area contributed by atoms with Gasteiger partial charge in [0.2, 0.25) is 5.91 Å². The van der Waals surface area contributed by atoms with Crippen molar-refractivity contribution in [1.82, 2.24) is 0 Å². The van der Waals surface area contributed by atoms with Crippen molar-refractivity contribution in [3.8, 4) is 5.75 Å². The third-order valence-corrected chi connectivity index (χ3v) is 3.48. The molecule has 0 saturated heterocycles. The Hall–Kier alpha value is -2.53. The summed E-state index contributed by atoms with van der Waals surface area (Å²) < 4.78 is 5.65. The third kappa shape index (κ3) is 4.47. The predicted octanol–water partition coefficient (Wildman–Crippen LogP) is 3.15. The molecule has 0 aliphatic heterocycles. The van der Waals surface area contributed by atoms with Crippen LogP contribution in [0.4, 0.5) is 5.69 Å². The van der Waals surface area contributed by atoms with E-state index in [2.05, 4.69) is 5.32 Å². The van der Waals surface area contributed by atoms with Gasteiger partial charge in [-0.25, -0.2) is 0 Å². The van der Waals surface area contributed by atoms with Gasteiger partial charge in [-0.2, -0.15) is 0 Å². The van der Waals surface area contributed by atoms with E-state index in [-0.39, 0.29) is 5.91 Å². The smallest absolute Gasteiger partial charge is 0.265 e. The number of carbonyl (C=O) groups is 2. The molecule has 0 heterocycles. The number of benzene rings is 2. The second-order valence-electron chi connectivity index (χ2n) is 5.10. The van der Waals surface area contributed by atoms with Gasteiger partial charge in [0.05, 0.1) is 0 Å². The minimum Gasteiger partial charge on any atom is -0.481 e. The first kappa shape index (κ1) is 16.8. The highest BCUT2D eigenvalue weighted by Gasteiger charge is 2.16. The number of anilines is 1. The zero-order valence-corrected chi connectivity index (χ0v) is 13.6. The van der Waals surface area contributed by atoms with Crippen LogP contribution in [0, 0.1) is 6.92 Å². The molecule has 2 aromatic carbocycles. The lowest BCUT2D eigenvalue weighted by molar-refractivity contribution is -0.122. The van der Waals surface area contributed by atoms with E-state index in [0.29, 0.717) is 22.0 Å². The SMILES string of the molecule is Cc1cc(Cl)ccc1O[C@@H](C)C(=O)Nc1ccc(C(N)=O)cc1. The quantitative estimate of drug-likeness (QED) is 0.882. The fourth-order valence-electron chi connectivity index (χ4n) is 1.95. The molecule has 0 bridgehead atoms. The van der Waals surface area contributed by atoms with Crippen LogP contribution in [0.25, 0.3) is 0 Å². The van der Waals surface area contributed by atoms with Crippen molar-refractivity contribution in [2.45, 2.75) is 20.0 Å². The Morgan fingerprint density at radius 2 is 1.83 bits per heavy atom. The Balaban J connectivity index is 2.00. The number of nitrogens with two attached hydrogens (primary N) is 1. The lowest BCUT2D eigenvalue weighted by Gasteiger charge is -2.16. The molecule has 0 saturated carbocycles. The van der Waals surface area contributed by atoms with Gasteiger partial charge < -0.3 is 15.8 Å². The molecule has 2 aromatic rings. The minimum absolute atomic E-state index is 0.300. The largest absolute Gasteiger partial charge is 0.481 e. The van der Waals surface area contributed by atoms with Crippen molar-refractivity contribution in [3.05, 3.63) is 58.6 Å². The lowest BCUT2D eigenvalue weighted by atomic mass is 10.2. The number of halogens is 1. The minimum atomic E-state index is -0.689. The van der Waals surface area contributed by atoms with E-state index in [9.17, 15) is 9.59 Å². The number of amides is 2. The molecule has 0 spiro atoms. The number of carbonyl (C=O) groups excluding carboxylic acids is 2. The van der Waals surface area contributed by atoms with Crippen molar-refractivity contribution >= 4 is 29.1 Å². The van der Waals surface area contributed by atoms with Gasteiger partial charge in [-0.15, -0.1) is 0 Å². The number of aryl methyl sites for hydroxylation is 1. The Labute approximate surface area is 139 Å². The van der Waals surface area contributed by atoms with Crippen LogP contribution in [0.2, 0.25) is 5.02 Å². The van der Waals surface area contributed by atoms with Crippen LogP contribution in [-0.4, -0.2) is 17.9 Å². The summed E-state index contributed by atoms with van der Waals surface area (Å²) in [5, 5.41) is 3.33. The first-order chi connectivity index (χ1) is 10.9. The Morgan fingerprint density at radius 3 is 2.39 bits per heavy atom. The molecule has 120 valence electrons. The Kier molecular flexibility index (Phi) is 5.24. The van der Waals surface area contributed by atoms with Crippen molar-refractivity contribution in [2.24, 2.45) is 5.73 Å². The average Bonchev–Trinajstić information content (AvgIpc) is 2.50. The molecule has 6 heteroatoms. The highest BCUT2D eigenvalue weighted by Crippen LogP contribution is 2.23. The molecular weight excluding hydrogens is 316 g/mol. The van der Waals surface area contributed by atoms with E-state index in [1.807, 2.05) is 6.92 Å². The number of nitrogens with one attached hydrogen (secondary N) is 1. The van der Waals surface area contributed by atoms with Crippen molar-refractivity contribution in [2.75, 3.05) is 5.32 Å². The van der Waals surface area contributed by atoms with Crippen LogP contribution in [0.3, 0.4) is 0 Å². The number of primary amides is 1. The summed E-state index contributed by atoms with van der Waals surface area (Å²) in [6.45, 7) is 3.51. The molecule has 0 radical (unpaired) electrons. The normalized spacial score (nSPS) is 11.6. The van der Waals surface area contributed by atoms with Crippen LogP contribution in [0.5, 0.6) is 5.75 Å². The zero-order valence-electron chi connectivity index (χ0n) is 12.8. The molecule has 1 atom stereocenters. The number of hydrogen-bond donors (Lipinski definition) is 2. The van der Waals surface area contributed by atoms with E-state index in [1.54, 1.807) is 49.4 Å². The monoisotopic (exact) mass is 332 g/mol. The molecule has 2 rings (SSSR count). The molecule has 3 N–H and O–H groups in total. The molecule has 5 nitrogen and oxygen atoms in total. The van der Waals surface area contributed by atoms with Gasteiger partial charge in [-0.3, -0.25) is 9.59 Å². The molecule has 0 fully saturated rings. The molecule has 2 amide bonds. The number of ether oxygens (including phenoxy) is 1. The molecule has 0 aliphatic rings. The second-order valence-corrected chi connectivity index (χ2v) is 5.54. The maximum absolute atomic E-state index is 12.2. The van der Waals surface area contributed by atoms with Crippen molar-refractivity contribution < 1.29 is 14.3 Å². The maximum atomic E-state index is 12.2. The number of rotatable bonds is 5. The standard InChI is InChI=1S/C17H17ClN2O3/c1-10-9-13(18)5-8-15(10)23-11(2)17(22)20-14-6-3-12(4-7-14)16(19)21/h3-9,11H,1-2H3,(H2,19,21)(H,20,22)/t11-/m0/s1. The van der Waals surface area contributed by atoms with Gasteiger partial charge in [0.15, 0.2) is 6.10 Å².